The topological polar surface area (TPSA) is 38.1 Å². The Labute approximate surface area is 143 Å². The molecule has 0 N–H and O–H groups in total. The standard InChI is InChI=1S/C20H25N3O/c1-16(2)23-15-18(14-21-23)20(24)11-8-17-6-9-19(10-7-17)22-12-4-3-5-13-22/h6-11,14-16H,3-5,12-13H2,1-2H3. The third-order valence-corrected chi connectivity index (χ3v) is 4.46. The summed E-state index contributed by atoms with van der Waals surface area (Å²) in [5.41, 5.74) is 2.95. The molecule has 1 aliphatic rings. The van der Waals surface area contributed by atoms with Crippen LogP contribution in [-0.2, 0) is 0 Å². The van der Waals surface area contributed by atoms with Gasteiger partial charge in [-0.15, -0.1) is 0 Å². The van der Waals surface area contributed by atoms with Crippen LogP contribution in [-0.4, -0.2) is 28.7 Å². The average molecular weight is 323 g/mol. The SMILES string of the molecule is CC(C)n1cc(C(=O)C=Cc2ccc(N3CCCCC3)cc2)cn1. The van der Waals surface area contributed by atoms with Gasteiger partial charge >= 0.3 is 0 Å². The van der Waals surface area contributed by atoms with Gasteiger partial charge in [-0.3, -0.25) is 9.48 Å². The minimum atomic E-state index is -0.0120. The van der Waals surface area contributed by atoms with Crippen molar-refractivity contribution in [1.82, 2.24) is 9.78 Å². The molecule has 4 nitrogen and oxygen atoms in total. The van der Waals surface area contributed by atoms with E-state index in [1.165, 1.54) is 24.9 Å². The molecule has 0 bridgehead atoms. The number of aromatic nitrogens is 2. The number of benzene rings is 1. The monoisotopic (exact) mass is 323 g/mol. The van der Waals surface area contributed by atoms with Gasteiger partial charge in [0.15, 0.2) is 5.78 Å². The van der Waals surface area contributed by atoms with Crippen LogP contribution in [0.15, 0.2) is 42.7 Å². The first-order valence-electron chi connectivity index (χ1n) is 8.75. The van der Waals surface area contributed by atoms with Crippen LogP contribution < -0.4 is 4.90 Å². The highest BCUT2D eigenvalue weighted by Gasteiger charge is 2.10. The number of ketones is 1. The van der Waals surface area contributed by atoms with E-state index in [-0.39, 0.29) is 11.8 Å². The molecular weight excluding hydrogens is 298 g/mol. The second-order valence-corrected chi connectivity index (χ2v) is 6.64. The molecule has 24 heavy (non-hydrogen) atoms. The Morgan fingerprint density at radius 1 is 1.12 bits per heavy atom. The van der Waals surface area contributed by atoms with Crippen LogP contribution in [0.25, 0.3) is 6.08 Å². The van der Waals surface area contributed by atoms with E-state index in [1.54, 1.807) is 23.2 Å². The van der Waals surface area contributed by atoms with Gasteiger partial charge in [0.2, 0.25) is 0 Å². The molecule has 0 unspecified atom stereocenters. The maximum Gasteiger partial charge on any atom is 0.189 e. The van der Waals surface area contributed by atoms with Crippen molar-refractivity contribution in [3.8, 4) is 0 Å². The summed E-state index contributed by atoms with van der Waals surface area (Å²) in [5.74, 6) is -0.0120. The summed E-state index contributed by atoms with van der Waals surface area (Å²) in [6.45, 7) is 6.38. The summed E-state index contributed by atoms with van der Waals surface area (Å²) in [4.78, 5) is 14.7. The molecule has 0 atom stereocenters. The second-order valence-electron chi connectivity index (χ2n) is 6.64. The molecule has 2 aromatic rings. The molecule has 126 valence electrons. The van der Waals surface area contributed by atoms with Crippen LogP contribution in [0, 0.1) is 0 Å². The minimum absolute atomic E-state index is 0.0120. The van der Waals surface area contributed by atoms with Gasteiger partial charge in [0, 0.05) is 31.0 Å². The number of carbonyl (C=O) groups is 1. The van der Waals surface area contributed by atoms with Crippen molar-refractivity contribution in [3.05, 3.63) is 53.9 Å². The number of rotatable bonds is 5. The number of hydrogen-bond donors (Lipinski definition) is 0. The Hall–Kier alpha value is -2.36. The van der Waals surface area contributed by atoms with Gasteiger partial charge in [-0.25, -0.2) is 0 Å². The summed E-state index contributed by atoms with van der Waals surface area (Å²) in [5, 5.41) is 4.21. The van der Waals surface area contributed by atoms with E-state index in [9.17, 15) is 4.79 Å². The fourth-order valence-electron chi connectivity index (χ4n) is 2.96. The molecule has 3 rings (SSSR count). The lowest BCUT2D eigenvalue weighted by atomic mass is 10.1. The Kier molecular flexibility index (Phi) is 5.14. The zero-order valence-corrected chi connectivity index (χ0v) is 14.5. The first-order valence-corrected chi connectivity index (χ1v) is 8.75. The molecule has 1 aromatic carbocycles. The van der Waals surface area contributed by atoms with E-state index in [2.05, 4.69) is 34.3 Å². The van der Waals surface area contributed by atoms with E-state index in [0.29, 0.717) is 5.56 Å². The van der Waals surface area contributed by atoms with Gasteiger partial charge in [-0.2, -0.15) is 5.10 Å². The predicted octanol–water partition coefficient (Wildman–Crippen LogP) is 4.35. The fraction of sp³-hybridized carbons (Fsp3) is 0.400. The van der Waals surface area contributed by atoms with Gasteiger partial charge in [-0.1, -0.05) is 18.2 Å². The van der Waals surface area contributed by atoms with E-state index in [1.807, 2.05) is 19.9 Å². The maximum absolute atomic E-state index is 12.2. The summed E-state index contributed by atoms with van der Waals surface area (Å²) in [6, 6.07) is 8.70. The lowest BCUT2D eigenvalue weighted by Crippen LogP contribution is -2.29. The number of anilines is 1. The summed E-state index contributed by atoms with van der Waals surface area (Å²) in [6.07, 6.45) is 10.8. The van der Waals surface area contributed by atoms with E-state index in [0.717, 1.165) is 18.7 Å². The quantitative estimate of drug-likeness (QED) is 0.606. The Bertz CT molecular complexity index is 707. The number of allylic oxidation sites excluding steroid dienone is 1. The van der Waals surface area contributed by atoms with Crippen molar-refractivity contribution < 1.29 is 4.79 Å². The van der Waals surface area contributed by atoms with Crippen molar-refractivity contribution in [1.29, 1.82) is 0 Å². The summed E-state index contributed by atoms with van der Waals surface area (Å²) >= 11 is 0. The molecule has 0 spiro atoms. The first kappa shape index (κ1) is 16.5. The molecule has 1 aromatic heterocycles. The molecule has 0 saturated carbocycles. The number of carbonyl (C=O) groups excluding carboxylic acids is 1. The highest BCUT2D eigenvalue weighted by Crippen LogP contribution is 2.20. The van der Waals surface area contributed by atoms with E-state index >= 15 is 0 Å². The van der Waals surface area contributed by atoms with Gasteiger partial charge in [0.05, 0.1) is 11.8 Å². The highest BCUT2D eigenvalue weighted by atomic mass is 16.1. The highest BCUT2D eigenvalue weighted by molar-refractivity contribution is 6.06. The van der Waals surface area contributed by atoms with Crippen molar-refractivity contribution in [3.63, 3.8) is 0 Å². The molecule has 1 fully saturated rings. The fourth-order valence-corrected chi connectivity index (χ4v) is 2.96. The van der Waals surface area contributed by atoms with Crippen LogP contribution in [0.3, 0.4) is 0 Å². The largest absolute Gasteiger partial charge is 0.372 e. The number of piperidine rings is 1. The molecule has 2 heterocycles. The lowest BCUT2D eigenvalue weighted by Gasteiger charge is -2.28. The Morgan fingerprint density at radius 3 is 2.46 bits per heavy atom. The van der Waals surface area contributed by atoms with Gasteiger partial charge in [0.25, 0.3) is 0 Å². The minimum Gasteiger partial charge on any atom is -0.372 e. The molecule has 1 saturated heterocycles. The van der Waals surface area contributed by atoms with Crippen molar-refractivity contribution in [2.45, 2.75) is 39.2 Å². The van der Waals surface area contributed by atoms with E-state index in [4.69, 9.17) is 0 Å². The van der Waals surface area contributed by atoms with Crippen LogP contribution >= 0.6 is 0 Å². The summed E-state index contributed by atoms with van der Waals surface area (Å²) < 4.78 is 1.80. The van der Waals surface area contributed by atoms with Gasteiger partial charge in [0.1, 0.15) is 0 Å². The third-order valence-electron chi connectivity index (χ3n) is 4.46. The Morgan fingerprint density at radius 2 is 1.83 bits per heavy atom. The predicted molar refractivity (Wildman–Crippen MR) is 98.5 cm³/mol. The molecule has 0 amide bonds. The van der Waals surface area contributed by atoms with Crippen molar-refractivity contribution in [2.24, 2.45) is 0 Å². The molecular formula is C20H25N3O. The van der Waals surface area contributed by atoms with Crippen LogP contribution in [0.4, 0.5) is 5.69 Å². The van der Waals surface area contributed by atoms with Crippen molar-refractivity contribution >= 4 is 17.5 Å². The first-order chi connectivity index (χ1) is 11.6. The molecule has 4 heteroatoms. The normalized spacial score (nSPS) is 15.4. The zero-order valence-electron chi connectivity index (χ0n) is 14.5. The van der Waals surface area contributed by atoms with E-state index < -0.39 is 0 Å². The second kappa shape index (κ2) is 7.47. The van der Waals surface area contributed by atoms with Crippen LogP contribution in [0.2, 0.25) is 0 Å². The van der Waals surface area contributed by atoms with Crippen molar-refractivity contribution in [2.75, 3.05) is 18.0 Å². The van der Waals surface area contributed by atoms with Crippen LogP contribution in [0.5, 0.6) is 0 Å². The zero-order chi connectivity index (χ0) is 16.9. The third kappa shape index (κ3) is 3.94. The number of hydrogen-bond acceptors (Lipinski definition) is 3. The molecule has 0 radical (unpaired) electrons. The lowest BCUT2D eigenvalue weighted by molar-refractivity contribution is 0.104. The maximum atomic E-state index is 12.2. The van der Waals surface area contributed by atoms with Gasteiger partial charge in [-0.05, 0) is 56.9 Å². The van der Waals surface area contributed by atoms with Gasteiger partial charge < -0.3 is 4.90 Å². The number of nitrogens with zero attached hydrogens (tertiary/aromatic N) is 3. The molecule has 1 aliphatic heterocycles. The summed E-state index contributed by atoms with van der Waals surface area (Å²) in [7, 11) is 0. The molecule has 0 aliphatic carbocycles. The average Bonchev–Trinajstić information content (AvgIpc) is 3.11. The smallest absolute Gasteiger partial charge is 0.189 e. The Balaban J connectivity index is 1.64. The van der Waals surface area contributed by atoms with Crippen LogP contribution in [0.1, 0.15) is 55.1 Å².